The SMILES string of the molecule is CCOC(=O)Cc1ccc(OC(F)(F)F)c(C#N)c1C. The average molecular weight is 287 g/mol. The molecule has 0 atom stereocenters. The zero-order valence-corrected chi connectivity index (χ0v) is 10.9. The van der Waals surface area contributed by atoms with Crippen molar-refractivity contribution in [3.05, 3.63) is 28.8 Å². The van der Waals surface area contributed by atoms with Gasteiger partial charge in [0, 0.05) is 0 Å². The van der Waals surface area contributed by atoms with E-state index in [0.717, 1.165) is 6.07 Å². The Balaban J connectivity index is 3.09. The summed E-state index contributed by atoms with van der Waals surface area (Å²) >= 11 is 0. The van der Waals surface area contributed by atoms with Gasteiger partial charge in [-0.3, -0.25) is 4.79 Å². The van der Waals surface area contributed by atoms with Crippen molar-refractivity contribution in [3.8, 4) is 11.8 Å². The van der Waals surface area contributed by atoms with Gasteiger partial charge in [0.15, 0.2) is 0 Å². The maximum Gasteiger partial charge on any atom is 0.573 e. The molecule has 0 N–H and O–H groups in total. The molecule has 4 nitrogen and oxygen atoms in total. The van der Waals surface area contributed by atoms with E-state index in [0.29, 0.717) is 5.56 Å². The second-order valence-electron chi connectivity index (χ2n) is 3.86. The van der Waals surface area contributed by atoms with Gasteiger partial charge < -0.3 is 9.47 Å². The van der Waals surface area contributed by atoms with Crippen molar-refractivity contribution >= 4 is 5.97 Å². The molecule has 0 aromatic heterocycles. The third-order valence-electron chi connectivity index (χ3n) is 2.52. The van der Waals surface area contributed by atoms with Crippen molar-refractivity contribution < 1.29 is 27.4 Å². The van der Waals surface area contributed by atoms with E-state index < -0.39 is 18.1 Å². The van der Waals surface area contributed by atoms with E-state index >= 15 is 0 Å². The van der Waals surface area contributed by atoms with E-state index in [2.05, 4.69) is 4.74 Å². The van der Waals surface area contributed by atoms with Crippen molar-refractivity contribution in [1.82, 2.24) is 0 Å². The Labute approximate surface area is 113 Å². The highest BCUT2D eigenvalue weighted by atomic mass is 19.4. The summed E-state index contributed by atoms with van der Waals surface area (Å²) in [7, 11) is 0. The lowest BCUT2D eigenvalue weighted by atomic mass is 10.00. The van der Waals surface area contributed by atoms with Crippen LogP contribution in [-0.4, -0.2) is 18.9 Å². The molecule has 20 heavy (non-hydrogen) atoms. The number of ether oxygens (including phenoxy) is 2. The Morgan fingerprint density at radius 2 is 2.05 bits per heavy atom. The highest BCUT2D eigenvalue weighted by molar-refractivity contribution is 5.73. The van der Waals surface area contributed by atoms with Crippen molar-refractivity contribution in [2.75, 3.05) is 6.61 Å². The largest absolute Gasteiger partial charge is 0.573 e. The molecule has 0 amide bonds. The number of hydrogen-bond acceptors (Lipinski definition) is 4. The number of hydrogen-bond donors (Lipinski definition) is 0. The summed E-state index contributed by atoms with van der Waals surface area (Å²) in [5.41, 5.74) is 0.445. The van der Waals surface area contributed by atoms with Crippen LogP contribution < -0.4 is 4.74 Å². The zero-order chi connectivity index (χ0) is 15.3. The first-order valence-electron chi connectivity index (χ1n) is 5.72. The lowest BCUT2D eigenvalue weighted by molar-refractivity contribution is -0.274. The van der Waals surface area contributed by atoms with Gasteiger partial charge in [0.2, 0.25) is 0 Å². The normalized spacial score (nSPS) is 10.8. The van der Waals surface area contributed by atoms with E-state index in [4.69, 9.17) is 10.00 Å². The molecule has 0 heterocycles. The second kappa shape index (κ2) is 6.28. The van der Waals surface area contributed by atoms with Crippen LogP contribution in [0.2, 0.25) is 0 Å². The summed E-state index contributed by atoms with van der Waals surface area (Å²) in [6.45, 7) is 3.31. The number of nitriles is 1. The fourth-order valence-electron chi connectivity index (χ4n) is 1.64. The van der Waals surface area contributed by atoms with E-state index in [1.807, 2.05) is 0 Å². The maximum atomic E-state index is 12.2. The molecule has 1 aromatic rings. The summed E-state index contributed by atoms with van der Waals surface area (Å²) in [5, 5.41) is 8.94. The molecule has 0 unspecified atom stereocenters. The molecule has 0 radical (unpaired) electrons. The van der Waals surface area contributed by atoms with Gasteiger partial charge >= 0.3 is 12.3 Å². The van der Waals surface area contributed by atoms with E-state index in [1.54, 1.807) is 13.0 Å². The first-order chi connectivity index (χ1) is 9.28. The van der Waals surface area contributed by atoms with Crippen LogP contribution in [0.15, 0.2) is 12.1 Å². The number of alkyl halides is 3. The Kier molecular flexibility index (Phi) is 4.97. The van der Waals surface area contributed by atoms with Gasteiger partial charge in [-0.1, -0.05) is 6.07 Å². The highest BCUT2D eigenvalue weighted by Crippen LogP contribution is 2.29. The predicted molar refractivity (Wildman–Crippen MR) is 62.9 cm³/mol. The van der Waals surface area contributed by atoms with Crippen molar-refractivity contribution in [2.45, 2.75) is 26.6 Å². The third-order valence-corrected chi connectivity index (χ3v) is 2.52. The number of carbonyl (C=O) groups is 1. The Hall–Kier alpha value is -2.23. The summed E-state index contributed by atoms with van der Waals surface area (Å²) in [6.07, 6.45) is -4.98. The van der Waals surface area contributed by atoms with Gasteiger partial charge in [0.1, 0.15) is 11.8 Å². The number of rotatable bonds is 4. The molecule has 0 aliphatic carbocycles. The molecule has 0 aliphatic heterocycles. The first kappa shape index (κ1) is 15.8. The molecule has 1 rings (SSSR count). The zero-order valence-electron chi connectivity index (χ0n) is 10.9. The highest BCUT2D eigenvalue weighted by Gasteiger charge is 2.32. The van der Waals surface area contributed by atoms with Crippen molar-refractivity contribution in [3.63, 3.8) is 0 Å². The molecule has 0 bridgehead atoms. The van der Waals surface area contributed by atoms with E-state index in [-0.39, 0.29) is 24.2 Å². The summed E-state index contributed by atoms with van der Waals surface area (Å²) < 4.78 is 45.1. The molecule has 7 heteroatoms. The van der Waals surface area contributed by atoms with Gasteiger partial charge in [-0.15, -0.1) is 13.2 Å². The van der Waals surface area contributed by atoms with E-state index in [1.165, 1.54) is 13.0 Å². The fraction of sp³-hybridized carbons (Fsp3) is 0.385. The topological polar surface area (TPSA) is 59.3 Å². The van der Waals surface area contributed by atoms with Crippen LogP contribution in [0.25, 0.3) is 0 Å². The standard InChI is InChI=1S/C13H12F3NO3/c1-3-19-12(18)6-9-4-5-11(20-13(14,15)16)10(7-17)8(9)2/h4-5H,3,6H2,1-2H3. The second-order valence-corrected chi connectivity index (χ2v) is 3.86. The average Bonchev–Trinajstić information content (AvgIpc) is 2.31. The smallest absolute Gasteiger partial charge is 0.466 e. The van der Waals surface area contributed by atoms with Gasteiger partial charge in [-0.2, -0.15) is 5.26 Å². The molecule has 0 aliphatic rings. The van der Waals surface area contributed by atoms with Crippen molar-refractivity contribution in [2.24, 2.45) is 0 Å². The number of esters is 1. The van der Waals surface area contributed by atoms with Crippen LogP contribution in [0.1, 0.15) is 23.6 Å². The predicted octanol–water partition coefficient (Wildman–Crippen LogP) is 2.87. The minimum Gasteiger partial charge on any atom is -0.466 e. The Morgan fingerprint density at radius 1 is 1.40 bits per heavy atom. The van der Waals surface area contributed by atoms with Crippen LogP contribution in [0.5, 0.6) is 5.75 Å². The van der Waals surface area contributed by atoms with Gasteiger partial charge in [-0.25, -0.2) is 0 Å². The third kappa shape index (κ3) is 4.16. The molecule has 0 fully saturated rings. The maximum absolute atomic E-state index is 12.2. The van der Waals surface area contributed by atoms with Crippen LogP contribution in [0.3, 0.4) is 0 Å². The summed E-state index contributed by atoms with van der Waals surface area (Å²) in [4.78, 5) is 11.4. The van der Waals surface area contributed by atoms with E-state index in [9.17, 15) is 18.0 Å². The molecule has 0 spiro atoms. The molecule has 0 saturated heterocycles. The molecule has 0 saturated carbocycles. The van der Waals surface area contributed by atoms with Crippen molar-refractivity contribution in [1.29, 1.82) is 5.26 Å². The number of carbonyl (C=O) groups excluding carboxylic acids is 1. The number of nitrogens with zero attached hydrogens (tertiary/aromatic N) is 1. The molecule has 1 aromatic carbocycles. The minimum absolute atomic E-state index is 0.110. The summed E-state index contributed by atoms with van der Waals surface area (Å²) in [5.74, 6) is -1.09. The molecule has 108 valence electrons. The van der Waals surface area contributed by atoms with Crippen LogP contribution in [-0.2, 0) is 16.0 Å². The van der Waals surface area contributed by atoms with Gasteiger partial charge in [0.25, 0.3) is 0 Å². The Morgan fingerprint density at radius 3 is 2.55 bits per heavy atom. The summed E-state index contributed by atoms with van der Waals surface area (Å²) in [6, 6.07) is 3.99. The number of halogens is 3. The quantitative estimate of drug-likeness (QED) is 0.799. The fourth-order valence-corrected chi connectivity index (χ4v) is 1.64. The minimum atomic E-state index is -4.87. The lowest BCUT2D eigenvalue weighted by Crippen LogP contribution is -2.18. The van der Waals surface area contributed by atoms with Crippen LogP contribution in [0.4, 0.5) is 13.2 Å². The molecular formula is C13H12F3NO3. The first-order valence-corrected chi connectivity index (χ1v) is 5.72. The number of benzene rings is 1. The van der Waals surface area contributed by atoms with Gasteiger partial charge in [-0.05, 0) is 31.0 Å². The Bertz CT molecular complexity index is 547. The van der Waals surface area contributed by atoms with Gasteiger partial charge in [0.05, 0.1) is 18.6 Å². The van der Waals surface area contributed by atoms with Crippen LogP contribution in [0, 0.1) is 18.3 Å². The monoisotopic (exact) mass is 287 g/mol. The lowest BCUT2D eigenvalue weighted by Gasteiger charge is -2.14. The molecular weight excluding hydrogens is 275 g/mol. The van der Waals surface area contributed by atoms with Crippen LogP contribution >= 0.6 is 0 Å².